The van der Waals surface area contributed by atoms with Crippen molar-refractivity contribution in [2.75, 3.05) is 37.8 Å². The van der Waals surface area contributed by atoms with Crippen LogP contribution in [0.4, 0.5) is 11.4 Å². The van der Waals surface area contributed by atoms with Crippen LogP contribution in [0.1, 0.15) is 12.0 Å². The number of carbonyl (C=O) groups excluding carboxylic acids is 1. The summed E-state index contributed by atoms with van der Waals surface area (Å²) in [6, 6.07) is 6.12. The summed E-state index contributed by atoms with van der Waals surface area (Å²) in [4.78, 5) is 13.4. The summed E-state index contributed by atoms with van der Waals surface area (Å²) in [5.41, 5.74) is 3.31. The number of carbonyl (C=O) groups is 1. The quantitative estimate of drug-likeness (QED) is 0.829. The Kier molecular flexibility index (Phi) is 3.64. The predicted octanol–water partition coefficient (Wildman–Crippen LogP) is 1.54. The van der Waals surface area contributed by atoms with E-state index in [4.69, 9.17) is 0 Å². The van der Waals surface area contributed by atoms with E-state index in [1.54, 1.807) is 0 Å². The van der Waals surface area contributed by atoms with Gasteiger partial charge in [0, 0.05) is 30.9 Å². The van der Waals surface area contributed by atoms with E-state index >= 15 is 0 Å². The Morgan fingerprint density at radius 2 is 2.18 bits per heavy atom. The van der Waals surface area contributed by atoms with E-state index < -0.39 is 0 Å². The third-order valence-electron chi connectivity index (χ3n) is 2.89. The van der Waals surface area contributed by atoms with Gasteiger partial charge in [0.25, 0.3) is 0 Å². The van der Waals surface area contributed by atoms with Gasteiger partial charge >= 0.3 is 0 Å². The first-order valence-corrected chi connectivity index (χ1v) is 5.96. The number of likely N-dealkylation sites (N-methyl/N-ethyl adjacent to an activating group) is 1. The third kappa shape index (κ3) is 3.20. The molecule has 0 aromatic heterocycles. The van der Waals surface area contributed by atoms with Crippen LogP contribution in [-0.2, 0) is 11.2 Å². The van der Waals surface area contributed by atoms with E-state index in [9.17, 15) is 4.79 Å². The smallest absolute Gasteiger partial charge is 0.224 e. The van der Waals surface area contributed by atoms with Gasteiger partial charge in [0.15, 0.2) is 0 Å². The van der Waals surface area contributed by atoms with Gasteiger partial charge in [0.05, 0.1) is 0 Å². The fraction of sp³-hybridized carbons (Fsp3) is 0.462. The molecule has 0 saturated carbocycles. The number of fused-ring (bicyclic) bond motifs is 1. The molecule has 1 heterocycles. The van der Waals surface area contributed by atoms with Gasteiger partial charge in [-0.3, -0.25) is 4.79 Å². The molecule has 17 heavy (non-hydrogen) atoms. The average molecular weight is 233 g/mol. The highest BCUT2D eigenvalue weighted by Gasteiger charge is 2.14. The van der Waals surface area contributed by atoms with Gasteiger partial charge in [0.2, 0.25) is 5.91 Å². The standard InChI is InChI=1S/C13H19N3O/c1-16(2)8-7-14-11-4-5-12-10(9-11)3-6-13(17)15-12/h4-5,9,14H,3,6-8H2,1-2H3,(H,15,17). The zero-order valence-corrected chi connectivity index (χ0v) is 10.4. The lowest BCUT2D eigenvalue weighted by Crippen LogP contribution is -2.21. The van der Waals surface area contributed by atoms with Crippen LogP contribution in [0.3, 0.4) is 0 Å². The summed E-state index contributed by atoms with van der Waals surface area (Å²) in [7, 11) is 4.12. The Hall–Kier alpha value is -1.55. The lowest BCUT2D eigenvalue weighted by molar-refractivity contribution is -0.116. The number of nitrogens with zero attached hydrogens (tertiary/aromatic N) is 1. The van der Waals surface area contributed by atoms with Crippen LogP contribution in [-0.4, -0.2) is 38.0 Å². The average Bonchev–Trinajstić information content (AvgIpc) is 2.29. The Morgan fingerprint density at radius 1 is 1.35 bits per heavy atom. The van der Waals surface area contributed by atoms with E-state index in [-0.39, 0.29) is 5.91 Å². The summed E-state index contributed by atoms with van der Waals surface area (Å²) in [6.45, 7) is 1.94. The van der Waals surface area contributed by atoms with Crippen LogP contribution >= 0.6 is 0 Å². The SMILES string of the molecule is CN(C)CCNc1ccc2c(c1)CCC(=O)N2. The molecule has 4 heteroatoms. The molecule has 1 aromatic rings. The van der Waals surface area contributed by atoms with Crippen LogP contribution in [0.15, 0.2) is 18.2 Å². The van der Waals surface area contributed by atoms with Crippen LogP contribution < -0.4 is 10.6 Å². The maximum absolute atomic E-state index is 11.2. The molecule has 2 rings (SSSR count). The summed E-state index contributed by atoms with van der Waals surface area (Å²) in [5.74, 6) is 0.116. The number of hydrogen-bond acceptors (Lipinski definition) is 3. The molecule has 4 nitrogen and oxygen atoms in total. The molecule has 1 aromatic carbocycles. The minimum atomic E-state index is 0.116. The van der Waals surface area contributed by atoms with Crippen molar-refractivity contribution in [3.8, 4) is 0 Å². The molecule has 0 bridgehead atoms. The molecule has 92 valence electrons. The van der Waals surface area contributed by atoms with Crippen molar-refractivity contribution in [3.63, 3.8) is 0 Å². The maximum atomic E-state index is 11.2. The minimum Gasteiger partial charge on any atom is -0.384 e. The molecule has 1 aliphatic heterocycles. The van der Waals surface area contributed by atoms with E-state index in [0.29, 0.717) is 6.42 Å². The molecule has 1 aliphatic rings. The first kappa shape index (κ1) is 11.9. The number of hydrogen-bond donors (Lipinski definition) is 2. The first-order valence-electron chi connectivity index (χ1n) is 5.96. The van der Waals surface area contributed by atoms with E-state index in [1.165, 1.54) is 5.56 Å². The second-order valence-electron chi connectivity index (χ2n) is 4.65. The summed E-state index contributed by atoms with van der Waals surface area (Å²) in [5, 5.41) is 6.27. The first-order chi connectivity index (χ1) is 8.15. The van der Waals surface area contributed by atoms with Crippen molar-refractivity contribution in [1.82, 2.24) is 4.90 Å². The van der Waals surface area contributed by atoms with E-state index in [2.05, 4.69) is 35.7 Å². The van der Waals surface area contributed by atoms with Crippen LogP contribution in [0.2, 0.25) is 0 Å². The number of anilines is 2. The minimum absolute atomic E-state index is 0.116. The molecule has 1 amide bonds. The normalized spacial score (nSPS) is 14.4. The second-order valence-corrected chi connectivity index (χ2v) is 4.65. The number of rotatable bonds is 4. The molecule has 0 radical (unpaired) electrons. The maximum Gasteiger partial charge on any atom is 0.224 e. The second kappa shape index (κ2) is 5.19. The van der Waals surface area contributed by atoms with Gasteiger partial charge in [-0.1, -0.05) is 0 Å². The Labute approximate surface area is 102 Å². The lowest BCUT2D eigenvalue weighted by Gasteiger charge is -2.18. The zero-order valence-electron chi connectivity index (χ0n) is 10.4. The lowest BCUT2D eigenvalue weighted by atomic mass is 10.0. The highest BCUT2D eigenvalue weighted by Crippen LogP contribution is 2.25. The number of amides is 1. The van der Waals surface area contributed by atoms with Crippen LogP contribution in [0.5, 0.6) is 0 Å². The molecule has 0 saturated heterocycles. The summed E-state index contributed by atoms with van der Waals surface area (Å²) >= 11 is 0. The molecule has 0 atom stereocenters. The van der Waals surface area contributed by atoms with Crippen LogP contribution in [0, 0.1) is 0 Å². The van der Waals surface area contributed by atoms with Gasteiger partial charge in [-0.2, -0.15) is 0 Å². The number of nitrogens with one attached hydrogen (secondary N) is 2. The third-order valence-corrected chi connectivity index (χ3v) is 2.89. The van der Waals surface area contributed by atoms with E-state index in [1.807, 2.05) is 12.1 Å². The molecule has 2 N–H and O–H groups in total. The van der Waals surface area contributed by atoms with E-state index in [0.717, 1.165) is 30.9 Å². The number of benzene rings is 1. The highest BCUT2D eigenvalue weighted by molar-refractivity contribution is 5.94. The van der Waals surface area contributed by atoms with Crippen molar-refractivity contribution >= 4 is 17.3 Å². The Balaban J connectivity index is 1.99. The topological polar surface area (TPSA) is 44.4 Å². The van der Waals surface area contributed by atoms with Gasteiger partial charge < -0.3 is 15.5 Å². The Bertz CT molecular complexity index is 415. The van der Waals surface area contributed by atoms with Crippen molar-refractivity contribution in [1.29, 1.82) is 0 Å². The fourth-order valence-corrected chi connectivity index (χ4v) is 1.92. The van der Waals surface area contributed by atoms with Crippen molar-refractivity contribution in [2.24, 2.45) is 0 Å². The molecule has 0 fully saturated rings. The van der Waals surface area contributed by atoms with Gasteiger partial charge in [-0.15, -0.1) is 0 Å². The summed E-state index contributed by atoms with van der Waals surface area (Å²) < 4.78 is 0. The molecule has 0 unspecified atom stereocenters. The van der Waals surface area contributed by atoms with Crippen molar-refractivity contribution in [3.05, 3.63) is 23.8 Å². The zero-order chi connectivity index (χ0) is 12.3. The van der Waals surface area contributed by atoms with Crippen molar-refractivity contribution in [2.45, 2.75) is 12.8 Å². The fourth-order valence-electron chi connectivity index (χ4n) is 1.92. The largest absolute Gasteiger partial charge is 0.384 e. The highest BCUT2D eigenvalue weighted by atomic mass is 16.1. The van der Waals surface area contributed by atoms with Gasteiger partial charge in [0.1, 0.15) is 0 Å². The Morgan fingerprint density at radius 3 is 2.94 bits per heavy atom. The molecule has 0 aliphatic carbocycles. The monoisotopic (exact) mass is 233 g/mol. The van der Waals surface area contributed by atoms with Crippen molar-refractivity contribution < 1.29 is 4.79 Å². The van der Waals surface area contributed by atoms with Gasteiger partial charge in [-0.25, -0.2) is 0 Å². The number of aryl methyl sites for hydroxylation is 1. The van der Waals surface area contributed by atoms with Crippen LogP contribution in [0.25, 0.3) is 0 Å². The van der Waals surface area contributed by atoms with Gasteiger partial charge in [-0.05, 0) is 44.3 Å². The predicted molar refractivity (Wildman–Crippen MR) is 70.4 cm³/mol. The molecular formula is C13H19N3O. The molecular weight excluding hydrogens is 214 g/mol. The summed E-state index contributed by atoms with van der Waals surface area (Å²) in [6.07, 6.45) is 1.43. The molecule has 0 spiro atoms.